The van der Waals surface area contributed by atoms with Gasteiger partial charge in [0, 0.05) is 19.4 Å². The summed E-state index contributed by atoms with van der Waals surface area (Å²) >= 11 is 1.65. The lowest BCUT2D eigenvalue weighted by atomic mass is 10.2. The van der Waals surface area contributed by atoms with Crippen LogP contribution in [-0.4, -0.2) is 28.1 Å². The molecular formula is C13H20N6OS. The molecule has 0 radical (unpaired) electrons. The fourth-order valence-electron chi connectivity index (χ4n) is 1.63. The van der Waals surface area contributed by atoms with Crippen LogP contribution in [-0.2, 0) is 13.1 Å². The minimum atomic E-state index is 0.453. The molecule has 0 atom stereocenters. The molecule has 0 spiro atoms. The third kappa shape index (κ3) is 4.52. The Balaban J connectivity index is 1.82. The van der Waals surface area contributed by atoms with Crippen molar-refractivity contribution in [3.8, 4) is 0 Å². The molecule has 0 bridgehead atoms. The van der Waals surface area contributed by atoms with Crippen molar-refractivity contribution < 1.29 is 4.52 Å². The maximum Gasteiger partial charge on any atom is 0.223 e. The highest BCUT2D eigenvalue weighted by atomic mass is 32.1. The van der Waals surface area contributed by atoms with Crippen LogP contribution in [0.25, 0.3) is 0 Å². The van der Waals surface area contributed by atoms with Gasteiger partial charge in [0.1, 0.15) is 5.01 Å². The van der Waals surface area contributed by atoms with Gasteiger partial charge in [0.2, 0.25) is 5.89 Å². The van der Waals surface area contributed by atoms with E-state index in [4.69, 9.17) is 4.52 Å². The van der Waals surface area contributed by atoms with E-state index in [0.717, 1.165) is 10.7 Å². The summed E-state index contributed by atoms with van der Waals surface area (Å²) in [5.74, 6) is 2.29. The molecule has 0 saturated carbocycles. The second-order valence-corrected chi connectivity index (χ2v) is 5.77. The van der Waals surface area contributed by atoms with E-state index in [1.807, 2.05) is 0 Å². The van der Waals surface area contributed by atoms with Crippen molar-refractivity contribution in [2.75, 3.05) is 7.05 Å². The smallest absolute Gasteiger partial charge is 0.223 e. The van der Waals surface area contributed by atoms with Gasteiger partial charge in [-0.15, -0.1) is 11.3 Å². The molecule has 7 nitrogen and oxygen atoms in total. The van der Waals surface area contributed by atoms with Crippen molar-refractivity contribution in [1.29, 1.82) is 0 Å². The zero-order valence-corrected chi connectivity index (χ0v) is 13.5. The van der Waals surface area contributed by atoms with Gasteiger partial charge in [-0.3, -0.25) is 4.99 Å². The first-order valence-corrected chi connectivity index (χ1v) is 7.64. The first-order valence-electron chi connectivity index (χ1n) is 6.76. The predicted molar refractivity (Wildman–Crippen MR) is 82.3 cm³/mol. The Kier molecular flexibility index (Phi) is 5.26. The Hall–Kier alpha value is -1.96. The molecule has 0 saturated heterocycles. The predicted octanol–water partition coefficient (Wildman–Crippen LogP) is 1.82. The van der Waals surface area contributed by atoms with E-state index < -0.39 is 0 Å². The molecule has 0 aliphatic heterocycles. The number of hydrogen-bond acceptors (Lipinski definition) is 6. The number of guanidine groups is 1. The van der Waals surface area contributed by atoms with E-state index in [9.17, 15) is 0 Å². The molecule has 0 aliphatic carbocycles. The zero-order valence-electron chi connectivity index (χ0n) is 12.7. The monoisotopic (exact) mass is 308 g/mol. The van der Waals surface area contributed by atoms with Gasteiger partial charge >= 0.3 is 0 Å². The lowest BCUT2D eigenvalue weighted by Gasteiger charge is -2.08. The summed E-state index contributed by atoms with van der Waals surface area (Å²) < 4.78 is 4.92. The molecule has 2 N–H and O–H groups in total. The molecule has 2 aromatic rings. The lowest BCUT2D eigenvalue weighted by Crippen LogP contribution is -2.36. The van der Waals surface area contributed by atoms with E-state index >= 15 is 0 Å². The van der Waals surface area contributed by atoms with Crippen molar-refractivity contribution in [3.05, 3.63) is 27.8 Å². The van der Waals surface area contributed by atoms with Crippen LogP contribution < -0.4 is 10.6 Å². The maximum atomic E-state index is 4.92. The van der Waals surface area contributed by atoms with E-state index in [2.05, 4.69) is 50.0 Å². The minimum Gasteiger partial charge on any atom is -0.350 e. The largest absolute Gasteiger partial charge is 0.350 e. The van der Waals surface area contributed by atoms with Crippen LogP contribution in [0.15, 0.2) is 14.9 Å². The summed E-state index contributed by atoms with van der Waals surface area (Å²) in [4.78, 5) is 12.8. The van der Waals surface area contributed by atoms with Gasteiger partial charge in [0.05, 0.1) is 18.8 Å². The van der Waals surface area contributed by atoms with Crippen molar-refractivity contribution in [3.63, 3.8) is 0 Å². The topological polar surface area (TPSA) is 88.2 Å². The maximum absolute atomic E-state index is 4.92. The molecule has 2 heterocycles. The highest BCUT2D eigenvalue weighted by Gasteiger charge is 2.07. The van der Waals surface area contributed by atoms with Gasteiger partial charge in [0.15, 0.2) is 11.8 Å². The van der Waals surface area contributed by atoms with E-state index in [0.29, 0.717) is 36.7 Å². The van der Waals surface area contributed by atoms with E-state index in [1.54, 1.807) is 25.3 Å². The molecule has 0 aromatic carbocycles. The average Bonchev–Trinajstić information content (AvgIpc) is 3.08. The summed E-state index contributed by atoms with van der Waals surface area (Å²) in [5.41, 5.74) is 1.13. The van der Waals surface area contributed by atoms with Crippen LogP contribution >= 0.6 is 11.3 Å². The van der Waals surface area contributed by atoms with Crippen molar-refractivity contribution in [2.24, 2.45) is 4.99 Å². The molecular weight excluding hydrogens is 288 g/mol. The van der Waals surface area contributed by atoms with Gasteiger partial charge in [-0.1, -0.05) is 19.0 Å². The van der Waals surface area contributed by atoms with Gasteiger partial charge in [-0.05, 0) is 5.92 Å². The zero-order chi connectivity index (χ0) is 15.2. The van der Waals surface area contributed by atoms with Gasteiger partial charge < -0.3 is 15.2 Å². The Morgan fingerprint density at radius 2 is 2.10 bits per heavy atom. The fourth-order valence-corrected chi connectivity index (χ4v) is 2.52. The second kappa shape index (κ2) is 7.16. The third-order valence-corrected chi connectivity index (χ3v) is 3.64. The Bertz CT molecular complexity index is 603. The summed E-state index contributed by atoms with van der Waals surface area (Å²) in [7, 11) is 1.72. The highest BCUT2D eigenvalue weighted by Crippen LogP contribution is 2.17. The number of aromatic nitrogens is 3. The first kappa shape index (κ1) is 15.4. The molecule has 21 heavy (non-hydrogen) atoms. The molecule has 0 unspecified atom stereocenters. The molecule has 114 valence electrons. The van der Waals surface area contributed by atoms with Gasteiger partial charge in [0.25, 0.3) is 0 Å². The van der Waals surface area contributed by atoms with Crippen molar-refractivity contribution in [2.45, 2.75) is 39.8 Å². The number of thiazole rings is 1. The Morgan fingerprint density at radius 1 is 1.33 bits per heavy atom. The molecule has 2 aromatic heterocycles. The van der Waals surface area contributed by atoms with Crippen LogP contribution in [0.4, 0.5) is 0 Å². The van der Waals surface area contributed by atoms with Crippen LogP contribution in [0.1, 0.15) is 42.2 Å². The number of aryl methyl sites for hydroxylation is 1. The summed E-state index contributed by atoms with van der Waals surface area (Å²) in [5, 5.41) is 13.3. The minimum absolute atomic E-state index is 0.453. The summed E-state index contributed by atoms with van der Waals surface area (Å²) in [6, 6.07) is 0. The van der Waals surface area contributed by atoms with Crippen molar-refractivity contribution >= 4 is 17.3 Å². The highest BCUT2D eigenvalue weighted by molar-refractivity contribution is 7.09. The fraction of sp³-hybridized carbons (Fsp3) is 0.538. The van der Waals surface area contributed by atoms with Crippen LogP contribution in [0.2, 0.25) is 0 Å². The molecule has 0 aliphatic rings. The van der Waals surface area contributed by atoms with E-state index in [-0.39, 0.29) is 0 Å². The SMILES string of the molecule is CN=C(NCc1noc(C)n1)NCc1nc(C(C)C)cs1. The van der Waals surface area contributed by atoms with Crippen LogP contribution in [0.5, 0.6) is 0 Å². The van der Waals surface area contributed by atoms with Gasteiger partial charge in [-0.25, -0.2) is 4.98 Å². The average molecular weight is 308 g/mol. The number of nitrogens with one attached hydrogen (secondary N) is 2. The number of hydrogen-bond donors (Lipinski definition) is 2. The molecule has 0 amide bonds. The number of aliphatic imine (C=N–C) groups is 1. The summed E-state index contributed by atoms with van der Waals surface area (Å²) in [6.07, 6.45) is 0. The van der Waals surface area contributed by atoms with Crippen LogP contribution in [0.3, 0.4) is 0 Å². The number of rotatable bonds is 5. The first-order chi connectivity index (χ1) is 10.1. The second-order valence-electron chi connectivity index (χ2n) is 4.83. The van der Waals surface area contributed by atoms with Crippen molar-refractivity contribution in [1.82, 2.24) is 25.8 Å². The lowest BCUT2D eigenvalue weighted by molar-refractivity contribution is 0.387. The summed E-state index contributed by atoms with van der Waals surface area (Å²) in [6.45, 7) is 7.14. The normalized spacial score (nSPS) is 12.0. The Morgan fingerprint density at radius 3 is 2.67 bits per heavy atom. The third-order valence-electron chi connectivity index (χ3n) is 2.78. The van der Waals surface area contributed by atoms with Gasteiger partial charge in [-0.2, -0.15) is 4.98 Å². The molecule has 0 fully saturated rings. The Labute approximate surface area is 127 Å². The molecule has 2 rings (SSSR count). The van der Waals surface area contributed by atoms with E-state index in [1.165, 1.54) is 0 Å². The quantitative estimate of drug-likeness (QED) is 0.647. The standard InChI is InChI=1S/C13H20N6OS/c1-8(2)10-7-21-12(18-10)6-16-13(14-4)15-5-11-17-9(3)20-19-11/h7-8H,5-6H2,1-4H3,(H2,14,15,16). The van der Waals surface area contributed by atoms with Crippen LogP contribution in [0, 0.1) is 6.92 Å². The molecule has 8 heteroatoms. The number of nitrogens with zero attached hydrogens (tertiary/aromatic N) is 4.